The van der Waals surface area contributed by atoms with Gasteiger partial charge in [-0.25, -0.2) is 0 Å². The summed E-state index contributed by atoms with van der Waals surface area (Å²) in [6.45, 7) is 0. The summed E-state index contributed by atoms with van der Waals surface area (Å²) < 4.78 is 0. The number of hydrogen-bond donors (Lipinski definition) is 0. The molecule has 1 aromatic heterocycles. The Kier molecular flexibility index (Phi) is 5.17. The van der Waals surface area contributed by atoms with Gasteiger partial charge >= 0.3 is 0 Å². The van der Waals surface area contributed by atoms with Gasteiger partial charge in [0.05, 0.1) is 0 Å². The molecule has 0 aliphatic rings. The van der Waals surface area contributed by atoms with Crippen LogP contribution in [0, 0.1) is 0 Å². The van der Waals surface area contributed by atoms with Crippen LogP contribution in [0.1, 0.15) is 0 Å². The van der Waals surface area contributed by atoms with Crippen LogP contribution < -0.4 is 0 Å². The molecule has 1 heterocycles. The van der Waals surface area contributed by atoms with Gasteiger partial charge in [-0.1, -0.05) is 146 Å². The van der Waals surface area contributed by atoms with Crippen molar-refractivity contribution in [3.63, 3.8) is 0 Å². The maximum atomic E-state index is 4.92. The average Bonchev–Trinajstić information content (AvgIpc) is 3.27. The van der Waals surface area contributed by atoms with E-state index in [-0.39, 0.29) is 0 Å². The molecule has 40 heavy (non-hydrogen) atoms. The van der Waals surface area contributed by atoms with E-state index in [1.165, 1.54) is 43.8 Å². The maximum Gasteiger partial charge on any atom is 0.101 e. The summed E-state index contributed by atoms with van der Waals surface area (Å²) in [6.07, 6.45) is 0. The van der Waals surface area contributed by atoms with Gasteiger partial charge in [0.1, 0.15) is 11.4 Å². The van der Waals surface area contributed by atoms with Gasteiger partial charge in [-0.15, -0.1) is 10.2 Å². The minimum absolute atomic E-state index is 0.894. The highest BCUT2D eigenvalue weighted by atomic mass is 15.1. The summed E-state index contributed by atoms with van der Waals surface area (Å²) in [5, 5.41) is 17.0. The molecule has 0 bridgehead atoms. The second-order valence-corrected chi connectivity index (χ2v) is 10.2. The summed E-state index contributed by atoms with van der Waals surface area (Å²) in [6, 6.07) is 51.4. The van der Waals surface area contributed by atoms with Gasteiger partial charge in [-0.05, 0) is 38.4 Å². The number of rotatable bonds is 4. The second kappa shape index (κ2) is 9.14. The van der Waals surface area contributed by atoms with E-state index in [1.807, 2.05) is 12.1 Å². The third-order valence-corrected chi connectivity index (χ3v) is 7.93. The molecule has 0 aliphatic carbocycles. The highest BCUT2D eigenvalue weighted by Gasteiger charge is 2.23. The lowest BCUT2D eigenvalue weighted by Gasteiger charge is -2.08. The van der Waals surface area contributed by atoms with Crippen LogP contribution in [0.15, 0.2) is 146 Å². The molecular formula is C38H24N2. The first-order chi connectivity index (χ1) is 19.9. The zero-order valence-electron chi connectivity index (χ0n) is 21.8. The van der Waals surface area contributed by atoms with Crippen molar-refractivity contribution in [3.8, 4) is 44.8 Å². The average molecular weight is 509 g/mol. The van der Waals surface area contributed by atoms with Gasteiger partial charge in [0.15, 0.2) is 0 Å². The standard InChI is InChI=1S/C38H24N2/c1-5-13-25(14-6-1)33-29-21-23-31-36-32(24-22-30(35(29)36)34(33)26-15-7-2-8-16-26)38(28-19-11-4-12-20-28)40-39-37(31)27-17-9-3-10-18-27/h1-24H. The van der Waals surface area contributed by atoms with Crippen molar-refractivity contribution >= 4 is 32.3 Å². The third-order valence-electron chi connectivity index (χ3n) is 7.93. The van der Waals surface area contributed by atoms with Crippen LogP contribution in [0.5, 0.6) is 0 Å². The lowest BCUT2D eigenvalue weighted by atomic mass is 9.94. The Labute approximate surface area is 232 Å². The molecule has 8 rings (SSSR count). The first kappa shape index (κ1) is 22.6. The molecule has 186 valence electrons. The zero-order valence-corrected chi connectivity index (χ0v) is 21.8. The van der Waals surface area contributed by atoms with E-state index < -0.39 is 0 Å². The van der Waals surface area contributed by atoms with Crippen LogP contribution in [-0.2, 0) is 0 Å². The third kappa shape index (κ3) is 3.43. The summed E-state index contributed by atoms with van der Waals surface area (Å²) in [7, 11) is 0. The normalized spacial score (nSPS) is 11.5. The lowest BCUT2D eigenvalue weighted by molar-refractivity contribution is 1.07. The van der Waals surface area contributed by atoms with Gasteiger partial charge in [0.2, 0.25) is 0 Å². The topological polar surface area (TPSA) is 25.8 Å². The summed E-state index contributed by atoms with van der Waals surface area (Å²) in [5.74, 6) is 0. The number of benzene rings is 6. The first-order valence-electron chi connectivity index (χ1n) is 13.6. The summed E-state index contributed by atoms with van der Waals surface area (Å²) in [4.78, 5) is 0. The Morgan fingerprint density at radius 3 is 0.950 bits per heavy atom. The van der Waals surface area contributed by atoms with Crippen LogP contribution in [0.3, 0.4) is 0 Å². The molecule has 0 amide bonds. The predicted octanol–water partition coefficient (Wildman–Crippen LogP) is 10.0. The molecule has 0 spiro atoms. The summed E-state index contributed by atoms with van der Waals surface area (Å²) in [5.41, 5.74) is 8.89. The van der Waals surface area contributed by atoms with Crippen molar-refractivity contribution in [2.24, 2.45) is 0 Å². The van der Waals surface area contributed by atoms with Crippen LogP contribution in [-0.4, -0.2) is 10.2 Å². The van der Waals surface area contributed by atoms with Gasteiger partial charge in [-0.2, -0.15) is 0 Å². The van der Waals surface area contributed by atoms with E-state index in [9.17, 15) is 0 Å². The van der Waals surface area contributed by atoms with Crippen molar-refractivity contribution in [3.05, 3.63) is 146 Å². The fourth-order valence-corrected chi connectivity index (χ4v) is 6.21. The minimum Gasteiger partial charge on any atom is -0.149 e. The molecule has 0 radical (unpaired) electrons. The molecule has 0 unspecified atom stereocenters. The van der Waals surface area contributed by atoms with E-state index in [2.05, 4.69) is 133 Å². The number of hydrogen-bond acceptors (Lipinski definition) is 2. The largest absolute Gasteiger partial charge is 0.149 e. The second-order valence-electron chi connectivity index (χ2n) is 10.2. The van der Waals surface area contributed by atoms with E-state index in [1.54, 1.807) is 0 Å². The van der Waals surface area contributed by atoms with Crippen molar-refractivity contribution in [2.45, 2.75) is 0 Å². The lowest BCUT2D eigenvalue weighted by Crippen LogP contribution is -1.85. The molecule has 8 aromatic rings. The van der Waals surface area contributed by atoms with E-state index in [4.69, 9.17) is 10.2 Å². The van der Waals surface area contributed by atoms with Gasteiger partial charge in [0, 0.05) is 27.3 Å². The van der Waals surface area contributed by atoms with Gasteiger partial charge < -0.3 is 0 Å². The van der Waals surface area contributed by atoms with Crippen LogP contribution >= 0.6 is 0 Å². The monoisotopic (exact) mass is 508 g/mol. The first-order valence-corrected chi connectivity index (χ1v) is 13.6. The Hall–Kier alpha value is -5.34. The van der Waals surface area contributed by atoms with Crippen LogP contribution in [0.25, 0.3) is 77.1 Å². The van der Waals surface area contributed by atoms with Crippen molar-refractivity contribution < 1.29 is 0 Å². The molecule has 2 heteroatoms. The van der Waals surface area contributed by atoms with E-state index in [0.29, 0.717) is 0 Å². The smallest absolute Gasteiger partial charge is 0.101 e. The Balaban J connectivity index is 1.61. The highest BCUT2D eigenvalue weighted by molar-refractivity contribution is 6.34. The molecule has 2 nitrogen and oxygen atoms in total. The van der Waals surface area contributed by atoms with E-state index >= 15 is 0 Å². The fraction of sp³-hybridized carbons (Fsp3) is 0. The van der Waals surface area contributed by atoms with Crippen molar-refractivity contribution in [1.82, 2.24) is 10.2 Å². The summed E-state index contributed by atoms with van der Waals surface area (Å²) >= 11 is 0. The molecule has 0 atom stereocenters. The fourth-order valence-electron chi connectivity index (χ4n) is 6.21. The molecular weight excluding hydrogens is 484 g/mol. The molecule has 0 saturated heterocycles. The predicted molar refractivity (Wildman–Crippen MR) is 167 cm³/mol. The Morgan fingerprint density at radius 1 is 0.275 bits per heavy atom. The molecule has 7 aromatic carbocycles. The quantitative estimate of drug-likeness (QED) is 0.236. The Morgan fingerprint density at radius 2 is 0.575 bits per heavy atom. The van der Waals surface area contributed by atoms with Crippen LogP contribution in [0.2, 0.25) is 0 Å². The zero-order chi connectivity index (χ0) is 26.5. The van der Waals surface area contributed by atoms with Crippen molar-refractivity contribution in [1.29, 1.82) is 0 Å². The molecule has 0 N–H and O–H groups in total. The minimum atomic E-state index is 0.894. The van der Waals surface area contributed by atoms with Gasteiger partial charge in [-0.3, -0.25) is 0 Å². The molecule has 0 fully saturated rings. The molecule has 0 aliphatic heterocycles. The van der Waals surface area contributed by atoms with Gasteiger partial charge in [0.25, 0.3) is 0 Å². The van der Waals surface area contributed by atoms with E-state index in [0.717, 1.165) is 33.3 Å². The maximum absolute atomic E-state index is 4.92. The SMILES string of the molecule is c1ccc(-c2nnc(-c3ccccc3)c3ccc4c(-c5ccccc5)c(-c5ccccc5)c5ccc2c3c54)cc1. The highest BCUT2D eigenvalue weighted by Crippen LogP contribution is 2.50. The number of nitrogens with zero attached hydrogens (tertiary/aromatic N) is 2. The Bertz CT molecular complexity index is 1970. The number of aromatic nitrogens is 2. The van der Waals surface area contributed by atoms with Crippen molar-refractivity contribution in [2.75, 3.05) is 0 Å². The molecule has 0 saturated carbocycles. The van der Waals surface area contributed by atoms with Crippen LogP contribution in [0.4, 0.5) is 0 Å².